The molecule has 13 heavy (non-hydrogen) atoms. The van der Waals surface area contributed by atoms with Gasteiger partial charge in [0.05, 0.1) is 12.2 Å². The minimum absolute atomic E-state index is 0.273. The van der Waals surface area contributed by atoms with Gasteiger partial charge in [-0.15, -0.1) is 0 Å². The Kier molecular flexibility index (Phi) is 5.29. The smallest absolute Gasteiger partial charge is 0.101 e. The summed E-state index contributed by atoms with van der Waals surface area (Å²) in [4.78, 5) is 0. The van der Waals surface area contributed by atoms with E-state index >= 15 is 0 Å². The van der Waals surface area contributed by atoms with E-state index in [-0.39, 0.29) is 6.54 Å². The van der Waals surface area contributed by atoms with Crippen LogP contribution >= 0.6 is 0 Å². The number of hydrogen-bond acceptors (Lipinski definition) is 3. The van der Waals surface area contributed by atoms with Crippen molar-refractivity contribution in [2.24, 2.45) is 0 Å². The molecule has 3 atom stereocenters. The van der Waals surface area contributed by atoms with Crippen LogP contribution in [-0.2, 0) is 0 Å². The molecule has 2 radical (unpaired) electrons. The van der Waals surface area contributed by atoms with Crippen LogP contribution < -0.4 is 5.32 Å². The minimum Gasteiger partial charge on any atom is -0.391 e. The molecule has 0 aromatic heterocycles. The maximum atomic E-state index is 9.27. The van der Waals surface area contributed by atoms with Gasteiger partial charge in [0.25, 0.3) is 0 Å². The largest absolute Gasteiger partial charge is 0.391 e. The van der Waals surface area contributed by atoms with Gasteiger partial charge in [-0.3, -0.25) is 0 Å². The summed E-state index contributed by atoms with van der Waals surface area (Å²) in [5.41, 5.74) is -0.634. The van der Waals surface area contributed by atoms with Gasteiger partial charge in [-0.05, 0) is 19.3 Å². The maximum Gasteiger partial charge on any atom is 0.101 e. The second kappa shape index (κ2) is 5.42. The van der Waals surface area contributed by atoms with E-state index < -0.39 is 17.6 Å². The van der Waals surface area contributed by atoms with Crippen molar-refractivity contribution < 1.29 is 10.2 Å². The van der Waals surface area contributed by atoms with Crippen LogP contribution in [0.3, 0.4) is 0 Å². The van der Waals surface area contributed by atoms with E-state index in [4.69, 9.17) is 13.0 Å². The van der Waals surface area contributed by atoms with E-state index in [9.17, 15) is 5.11 Å². The lowest BCUT2D eigenvalue weighted by Gasteiger charge is -2.25. The van der Waals surface area contributed by atoms with E-state index in [1.807, 2.05) is 13.0 Å². The average Bonchev–Trinajstić information content (AvgIpc) is 2.00. The summed E-state index contributed by atoms with van der Waals surface area (Å²) in [7, 11) is 5.79. The lowest BCUT2D eigenvalue weighted by atomic mass is 9.79. The van der Waals surface area contributed by atoms with Crippen molar-refractivity contribution in [3.63, 3.8) is 0 Å². The van der Waals surface area contributed by atoms with Gasteiger partial charge in [-0.2, -0.15) is 0 Å². The summed E-state index contributed by atoms with van der Waals surface area (Å²) in [6, 6.07) is 0. The predicted molar refractivity (Wildman–Crippen MR) is 54.7 cm³/mol. The molecule has 0 aromatic carbocycles. The van der Waals surface area contributed by atoms with Crippen molar-refractivity contribution in [1.29, 1.82) is 0 Å². The number of aliphatic hydroxyl groups excluding tert-OH is 2. The molecule has 0 saturated heterocycles. The SMILES string of the molecule is [B]C(C)(C=CC)NCC(O)C(C)O. The van der Waals surface area contributed by atoms with Crippen LogP contribution in [0.15, 0.2) is 12.2 Å². The van der Waals surface area contributed by atoms with Gasteiger partial charge in [-0.1, -0.05) is 19.1 Å². The Balaban J connectivity index is 3.87. The van der Waals surface area contributed by atoms with E-state index in [0.717, 1.165) is 0 Å². The second-order valence-electron chi connectivity index (χ2n) is 3.47. The Bertz CT molecular complexity index is 169. The standard InChI is InChI=1S/C9H18BNO2/c1-4-5-9(3,10)11-6-8(13)7(2)12/h4-5,7-8,11-13H,6H2,1-3H3. The highest BCUT2D eigenvalue weighted by molar-refractivity contribution is 6.16. The molecular weight excluding hydrogens is 165 g/mol. The van der Waals surface area contributed by atoms with E-state index in [0.29, 0.717) is 0 Å². The molecule has 0 bridgehead atoms. The van der Waals surface area contributed by atoms with E-state index in [2.05, 4.69) is 5.32 Å². The Labute approximate surface area is 81.3 Å². The average molecular weight is 183 g/mol. The lowest BCUT2D eigenvalue weighted by Crippen LogP contribution is -2.47. The van der Waals surface area contributed by atoms with Crippen molar-refractivity contribution in [3.8, 4) is 0 Å². The fourth-order valence-corrected chi connectivity index (χ4v) is 0.900. The zero-order chi connectivity index (χ0) is 10.5. The zero-order valence-electron chi connectivity index (χ0n) is 8.49. The highest BCUT2D eigenvalue weighted by Crippen LogP contribution is 2.00. The lowest BCUT2D eigenvalue weighted by molar-refractivity contribution is 0.0306. The molecule has 3 unspecified atom stereocenters. The van der Waals surface area contributed by atoms with Crippen LogP contribution in [0.1, 0.15) is 20.8 Å². The molecule has 0 heterocycles. The highest BCUT2D eigenvalue weighted by Gasteiger charge is 2.16. The summed E-state index contributed by atoms with van der Waals surface area (Å²) in [6.07, 6.45) is 2.10. The molecule has 0 aliphatic heterocycles. The Morgan fingerprint density at radius 2 is 2.08 bits per heavy atom. The van der Waals surface area contributed by atoms with Gasteiger partial charge in [0, 0.05) is 6.54 Å². The third-order valence-electron chi connectivity index (χ3n) is 1.76. The van der Waals surface area contributed by atoms with Gasteiger partial charge in [0.2, 0.25) is 0 Å². The Morgan fingerprint density at radius 3 is 2.46 bits per heavy atom. The molecule has 0 saturated carbocycles. The van der Waals surface area contributed by atoms with Crippen molar-refractivity contribution >= 4 is 7.85 Å². The first-order valence-corrected chi connectivity index (χ1v) is 4.43. The first-order valence-electron chi connectivity index (χ1n) is 4.43. The van der Waals surface area contributed by atoms with Gasteiger partial charge in [-0.25, -0.2) is 0 Å². The highest BCUT2D eigenvalue weighted by atomic mass is 16.3. The van der Waals surface area contributed by atoms with Crippen molar-refractivity contribution in [2.45, 2.75) is 38.4 Å². The van der Waals surface area contributed by atoms with Crippen LogP contribution in [-0.4, -0.2) is 42.3 Å². The molecule has 3 N–H and O–H groups in total. The van der Waals surface area contributed by atoms with E-state index in [1.54, 1.807) is 13.0 Å². The number of rotatable bonds is 5. The molecule has 0 aliphatic rings. The number of aliphatic hydroxyl groups is 2. The van der Waals surface area contributed by atoms with Crippen LogP contribution in [0, 0.1) is 0 Å². The number of allylic oxidation sites excluding steroid dienone is 1. The molecule has 0 amide bonds. The minimum atomic E-state index is -0.784. The summed E-state index contributed by atoms with van der Waals surface area (Å²) in [5.74, 6) is 0. The molecular formula is C9H18BNO2. The van der Waals surface area contributed by atoms with Crippen molar-refractivity contribution in [1.82, 2.24) is 5.32 Å². The molecule has 3 nitrogen and oxygen atoms in total. The summed E-state index contributed by atoms with van der Waals surface area (Å²) in [5, 5.41) is 21.2. The van der Waals surface area contributed by atoms with Gasteiger partial charge in [0.1, 0.15) is 7.85 Å². The molecule has 0 rings (SSSR count). The molecule has 0 spiro atoms. The maximum absolute atomic E-state index is 9.27. The number of nitrogens with one attached hydrogen (secondary N) is 1. The molecule has 0 aliphatic carbocycles. The van der Waals surface area contributed by atoms with Crippen LogP contribution in [0.5, 0.6) is 0 Å². The molecule has 74 valence electrons. The van der Waals surface area contributed by atoms with E-state index in [1.165, 1.54) is 6.92 Å². The third-order valence-corrected chi connectivity index (χ3v) is 1.76. The monoisotopic (exact) mass is 183 g/mol. The predicted octanol–water partition coefficient (Wildman–Crippen LogP) is -0.221. The molecule has 0 fully saturated rings. The van der Waals surface area contributed by atoms with Crippen molar-refractivity contribution in [2.75, 3.05) is 6.54 Å². The second-order valence-corrected chi connectivity index (χ2v) is 3.47. The van der Waals surface area contributed by atoms with Gasteiger partial charge < -0.3 is 15.5 Å². The van der Waals surface area contributed by atoms with Gasteiger partial charge in [0.15, 0.2) is 0 Å². The fraction of sp³-hybridized carbons (Fsp3) is 0.778. The Hall–Kier alpha value is -0.315. The summed E-state index contributed by atoms with van der Waals surface area (Å²) >= 11 is 0. The normalized spacial score (nSPS) is 21.3. The quantitative estimate of drug-likeness (QED) is 0.408. The first kappa shape index (κ1) is 12.7. The summed E-state index contributed by atoms with van der Waals surface area (Å²) < 4.78 is 0. The molecule has 4 heteroatoms. The van der Waals surface area contributed by atoms with Crippen molar-refractivity contribution in [3.05, 3.63) is 12.2 Å². The van der Waals surface area contributed by atoms with Gasteiger partial charge >= 0.3 is 0 Å². The first-order chi connectivity index (χ1) is 5.89. The third kappa shape index (κ3) is 5.85. The fourth-order valence-electron chi connectivity index (χ4n) is 0.900. The molecule has 0 aromatic rings. The topological polar surface area (TPSA) is 52.5 Å². The zero-order valence-corrected chi connectivity index (χ0v) is 8.49. The number of hydrogen-bond donors (Lipinski definition) is 3. The van der Waals surface area contributed by atoms with Crippen LogP contribution in [0.2, 0.25) is 0 Å². The van der Waals surface area contributed by atoms with Crippen LogP contribution in [0.25, 0.3) is 0 Å². The Morgan fingerprint density at radius 1 is 1.54 bits per heavy atom. The summed E-state index contributed by atoms with van der Waals surface area (Å²) in [6.45, 7) is 5.48. The van der Waals surface area contributed by atoms with Crippen LogP contribution in [0.4, 0.5) is 0 Å².